The number of ether oxygens (including phenoxy) is 2. The Balaban J connectivity index is 1.95. The molecule has 22 heavy (non-hydrogen) atoms. The van der Waals surface area contributed by atoms with Crippen LogP contribution in [0.2, 0.25) is 0 Å². The number of benzene rings is 2. The van der Waals surface area contributed by atoms with Gasteiger partial charge in [-0.15, -0.1) is 0 Å². The van der Waals surface area contributed by atoms with Crippen LogP contribution in [0, 0.1) is 11.6 Å². The van der Waals surface area contributed by atoms with E-state index in [2.05, 4.69) is 4.72 Å². The molecule has 0 fully saturated rings. The molecule has 0 amide bonds. The fourth-order valence-corrected chi connectivity index (χ4v) is 3.24. The predicted molar refractivity (Wildman–Crippen MR) is 74.6 cm³/mol. The fourth-order valence-electron chi connectivity index (χ4n) is 2.05. The maximum Gasteiger partial charge on any atom is 0.267 e. The molecule has 1 N–H and O–H groups in total. The number of sulfonamides is 1. The minimum atomic E-state index is -4.40. The second-order valence-corrected chi connectivity index (χ2v) is 6.13. The van der Waals surface area contributed by atoms with Gasteiger partial charge in [0.2, 0.25) is 0 Å². The van der Waals surface area contributed by atoms with Crippen LogP contribution in [-0.2, 0) is 10.0 Å². The van der Waals surface area contributed by atoms with Gasteiger partial charge in [-0.1, -0.05) is 6.07 Å². The molecule has 0 atom stereocenters. The third-order valence-corrected chi connectivity index (χ3v) is 4.41. The second kappa shape index (κ2) is 5.45. The molecular formula is C14H11F2NO4S. The normalized spacial score (nSPS) is 13.7. The van der Waals surface area contributed by atoms with E-state index < -0.39 is 26.6 Å². The molecule has 0 aliphatic carbocycles. The Morgan fingerprint density at radius 1 is 0.955 bits per heavy atom. The molecule has 0 unspecified atom stereocenters. The third kappa shape index (κ3) is 2.69. The van der Waals surface area contributed by atoms with Crippen molar-refractivity contribution in [2.75, 3.05) is 17.9 Å². The van der Waals surface area contributed by atoms with Crippen molar-refractivity contribution in [2.24, 2.45) is 0 Å². The fraction of sp³-hybridized carbons (Fsp3) is 0.143. The van der Waals surface area contributed by atoms with Gasteiger partial charge in [0, 0.05) is 6.07 Å². The maximum atomic E-state index is 13.6. The summed E-state index contributed by atoms with van der Waals surface area (Å²) in [7, 11) is -4.40. The average molecular weight is 327 g/mol. The zero-order valence-electron chi connectivity index (χ0n) is 11.2. The molecule has 116 valence electrons. The molecule has 1 aliphatic heterocycles. The van der Waals surface area contributed by atoms with Crippen LogP contribution >= 0.6 is 0 Å². The summed E-state index contributed by atoms with van der Waals surface area (Å²) in [6, 6.07) is 7.18. The number of hydrogen-bond donors (Lipinski definition) is 1. The predicted octanol–water partition coefficient (Wildman–Crippen LogP) is 2.54. The Morgan fingerprint density at radius 2 is 1.59 bits per heavy atom. The van der Waals surface area contributed by atoms with Crippen molar-refractivity contribution in [2.45, 2.75) is 4.90 Å². The van der Waals surface area contributed by atoms with Crippen LogP contribution < -0.4 is 14.2 Å². The van der Waals surface area contributed by atoms with Gasteiger partial charge in [0.15, 0.2) is 16.4 Å². The molecule has 1 heterocycles. The molecule has 5 nitrogen and oxygen atoms in total. The number of anilines is 1. The topological polar surface area (TPSA) is 64.6 Å². The molecule has 2 aromatic carbocycles. The number of rotatable bonds is 3. The maximum absolute atomic E-state index is 13.6. The molecule has 0 bridgehead atoms. The first-order chi connectivity index (χ1) is 10.5. The lowest BCUT2D eigenvalue weighted by Crippen LogP contribution is -2.18. The van der Waals surface area contributed by atoms with Crippen molar-refractivity contribution in [3.05, 3.63) is 48.0 Å². The summed E-state index contributed by atoms with van der Waals surface area (Å²) in [5.41, 5.74) is 0.118. The summed E-state index contributed by atoms with van der Waals surface area (Å²) in [6.07, 6.45) is 0. The lowest BCUT2D eigenvalue weighted by atomic mass is 10.3. The smallest absolute Gasteiger partial charge is 0.267 e. The Hall–Kier alpha value is -2.35. The molecule has 8 heteroatoms. The lowest BCUT2D eigenvalue weighted by Gasteiger charge is -2.19. The highest BCUT2D eigenvalue weighted by Gasteiger charge is 2.24. The molecular weight excluding hydrogens is 316 g/mol. The van der Waals surface area contributed by atoms with Crippen LogP contribution in [0.3, 0.4) is 0 Å². The number of nitrogens with one attached hydrogen (secondary N) is 1. The number of fused-ring (bicyclic) bond motifs is 1. The Bertz CT molecular complexity index is 803. The molecule has 0 aromatic heterocycles. The molecule has 1 aliphatic rings. The standard InChI is InChI=1S/C14H11F2NO4S/c15-10-2-1-3-11(16)14(10)22(18,19)17-9-4-5-12-13(8-9)21-7-6-20-12/h1-5,8,17H,6-7H2. The summed E-state index contributed by atoms with van der Waals surface area (Å²) in [4.78, 5) is -1.02. The van der Waals surface area contributed by atoms with Crippen LogP contribution in [0.4, 0.5) is 14.5 Å². The van der Waals surface area contributed by atoms with Gasteiger partial charge in [-0.2, -0.15) is 0 Å². The summed E-state index contributed by atoms with van der Waals surface area (Å²) >= 11 is 0. The second-order valence-electron chi connectivity index (χ2n) is 4.51. The third-order valence-electron chi connectivity index (χ3n) is 2.98. The lowest BCUT2D eigenvalue weighted by molar-refractivity contribution is 0.171. The Morgan fingerprint density at radius 3 is 2.27 bits per heavy atom. The first kappa shape index (κ1) is 14.6. The van der Waals surface area contributed by atoms with Gasteiger partial charge in [0.25, 0.3) is 10.0 Å². The first-order valence-electron chi connectivity index (χ1n) is 6.34. The number of halogens is 2. The number of hydrogen-bond acceptors (Lipinski definition) is 4. The van der Waals surface area contributed by atoms with Gasteiger partial charge in [0.1, 0.15) is 24.8 Å². The van der Waals surface area contributed by atoms with Crippen molar-refractivity contribution in [3.63, 3.8) is 0 Å². The molecule has 2 aromatic rings. The van der Waals surface area contributed by atoms with Crippen molar-refractivity contribution in [1.82, 2.24) is 0 Å². The Labute approximate surface area is 125 Å². The van der Waals surface area contributed by atoms with Gasteiger partial charge in [0.05, 0.1) is 5.69 Å². The van der Waals surface area contributed by atoms with E-state index >= 15 is 0 Å². The van der Waals surface area contributed by atoms with Crippen molar-refractivity contribution in [1.29, 1.82) is 0 Å². The SMILES string of the molecule is O=S(=O)(Nc1ccc2c(c1)OCCO2)c1c(F)cccc1F. The van der Waals surface area contributed by atoms with E-state index in [1.54, 1.807) is 0 Å². The minimum Gasteiger partial charge on any atom is -0.486 e. The van der Waals surface area contributed by atoms with Crippen LogP contribution in [0.1, 0.15) is 0 Å². The van der Waals surface area contributed by atoms with Crippen LogP contribution in [-0.4, -0.2) is 21.6 Å². The van der Waals surface area contributed by atoms with E-state index in [9.17, 15) is 17.2 Å². The molecule has 0 saturated carbocycles. The molecule has 0 spiro atoms. The summed E-state index contributed by atoms with van der Waals surface area (Å²) in [5, 5.41) is 0. The molecule has 3 rings (SSSR count). The minimum absolute atomic E-state index is 0.118. The highest BCUT2D eigenvalue weighted by atomic mass is 32.2. The van der Waals surface area contributed by atoms with Crippen LogP contribution in [0.25, 0.3) is 0 Å². The van der Waals surface area contributed by atoms with E-state index in [1.165, 1.54) is 18.2 Å². The monoisotopic (exact) mass is 327 g/mol. The summed E-state index contributed by atoms with van der Waals surface area (Å²) < 4.78 is 64.3. The summed E-state index contributed by atoms with van der Waals surface area (Å²) in [5.74, 6) is -1.48. The summed E-state index contributed by atoms with van der Waals surface area (Å²) in [6.45, 7) is 0.740. The van der Waals surface area contributed by atoms with E-state index in [0.29, 0.717) is 24.7 Å². The van der Waals surface area contributed by atoms with Crippen molar-refractivity contribution in [3.8, 4) is 11.5 Å². The van der Waals surface area contributed by atoms with E-state index in [-0.39, 0.29) is 5.69 Å². The van der Waals surface area contributed by atoms with Crippen molar-refractivity contribution < 1.29 is 26.7 Å². The van der Waals surface area contributed by atoms with Gasteiger partial charge in [-0.3, -0.25) is 4.72 Å². The van der Waals surface area contributed by atoms with E-state index in [4.69, 9.17) is 9.47 Å². The zero-order chi connectivity index (χ0) is 15.7. The first-order valence-corrected chi connectivity index (χ1v) is 7.82. The van der Waals surface area contributed by atoms with E-state index in [0.717, 1.165) is 18.2 Å². The van der Waals surface area contributed by atoms with Gasteiger partial charge < -0.3 is 9.47 Å². The van der Waals surface area contributed by atoms with Gasteiger partial charge in [-0.05, 0) is 24.3 Å². The average Bonchev–Trinajstić information content (AvgIpc) is 2.46. The largest absolute Gasteiger partial charge is 0.486 e. The van der Waals surface area contributed by atoms with Gasteiger partial charge >= 0.3 is 0 Å². The van der Waals surface area contributed by atoms with Gasteiger partial charge in [-0.25, -0.2) is 17.2 Å². The molecule has 0 saturated heterocycles. The van der Waals surface area contributed by atoms with Crippen molar-refractivity contribution >= 4 is 15.7 Å². The van der Waals surface area contributed by atoms with E-state index in [1.807, 2.05) is 0 Å². The zero-order valence-corrected chi connectivity index (χ0v) is 12.0. The highest BCUT2D eigenvalue weighted by molar-refractivity contribution is 7.92. The van der Waals surface area contributed by atoms with Crippen LogP contribution in [0.15, 0.2) is 41.3 Å². The highest BCUT2D eigenvalue weighted by Crippen LogP contribution is 2.33. The quantitative estimate of drug-likeness (QED) is 0.941. The van der Waals surface area contributed by atoms with Crippen LogP contribution in [0.5, 0.6) is 11.5 Å². The molecule has 0 radical (unpaired) electrons. The Kier molecular flexibility index (Phi) is 3.61.